The van der Waals surface area contributed by atoms with Crippen LogP contribution in [0.3, 0.4) is 0 Å². The SMILES string of the molecule is CCCC/C=C\C/C=C\CCCCCCCC(=O)NC(CO)C(O)/C=C/CC/C=C/CC/C=C/CCCCCCCCCC. The number of carbonyl (C=O) groups excluding carboxylic acids is 1. The van der Waals surface area contributed by atoms with Gasteiger partial charge < -0.3 is 15.5 Å². The van der Waals surface area contributed by atoms with Crippen LogP contribution in [0.1, 0.15) is 168 Å². The minimum Gasteiger partial charge on any atom is -0.394 e. The standard InChI is InChI=1S/C40H71NO3/c1-3-5-7-9-11-13-15-17-19-20-21-22-23-25-27-29-31-33-35-39(43)38(37-42)41-40(44)36-34-32-30-28-26-24-18-16-14-12-10-8-6-4-2/h10,12,16,18,20-21,25,27,33,35,38-39,42-43H,3-9,11,13-15,17,19,22-24,26,28-32,34,36-37H2,1-2H3,(H,41,44)/b12-10-,18-16-,21-20+,27-25+,35-33+. The molecule has 0 aliphatic rings. The zero-order valence-electron chi connectivity index (χ0n) is 28.9. The number of aliphatic hydroxyl groups excluding tert-OH is 2. The normalized spacial score (nSPS) is 13.8. The van der Waals surface area contributed by atoms with Gasteiger partial charge in [-0.15, -0.1) is 0 Å². The fourth-order valence-corrected chi connectivity index (χ4v) is 5.05. The lowest BCUT2D eigenvalue weighted by molar-refractivity contribution is -0.123. The summed E-state index contributed by atoms with van der Waals surface area (Å²) < 4.78 is 0. The van der Waals surface area contributed by atoms with E-state index in [2.05, 4.69) is 67.8 Å². The van der Waals surface area contributed by atoms with E-state index in [1.807, 2.05) is 6.08 Å². The predicted molar refractivity (Wildman–Crippen MR) is 193 cm³/mol. The molecule has 0 saturated heterocycles. The van der Waals surface area contributed by atoms with Gasteiger partial charge in [0.25, 0.3) is 0 Å². The minimum atomic E-state index is -0.876. The van der Waals surface area contributed by atoms with Crippen molar-refractivity contribution < 1.29 is 15.0 Å². The van der Waals surface area contributed by atoms with E-state index in [9.17, 15) is 15.0 Å². The summed E-state index contributed by atoms with van der Waals surface area (Å²) in [6, 6.07) is -0.653. The molecule has 0 aromatic rings. The molecular weight excluding hydrogens is 542 g/mol. The maximum absolute atomic E-state index is 12.3. The molecule has 0 fully saturated rings. The Kier molecular flexibility index (Phi) is 34.0. The molecule has 0 rings (SSSR count). The Morgan fingerprint density at radius 3 is 1.52 bits per heavy atom. The first-order chi connectivity index (χ1) is 21.7. The van der Waals surface area contributed by atoms with Crippen LogP contribution in [0.4, 0.5) is 0 Å². The Hall–Kier alpha value is -1.91. The van der Waals surface area contributed by atoms with Crippen LogP contribution in [0.15, 0.2) is 60.8 Å². The van der Waals surface area contributed by atoms with Gasteiger partial charge in [-0.25, -0.2) is 0 Å². The summed E-state index contributed by atoms with van der Waals surface area (Å²) in [5, 5.41) is 22.8. The van der Waals surface area contributed by atoms with Gasteiger partial charge in [-0.05, 0) is 70.6 Å². The van der Waals surface area contributed by atoms with Crippen molar-refractivity contribution in [3.05, 3.63) is 60.8 Å². The minimum absolute atomic E-state index is 0.0961. The fourth-order valence-electron chi connectivity index (χ4n) is 5.05. The van der Waals surface area contributed by atoms with E-state index in [4.69, 9.17) is 0 Å². The van der Waals surface area contributed by atoms with Gasteiger partial charge in [0, 0.05) is 6.42 Å². The van der Waals surface area contributed by atoms with Gasteiger partial charge in [0.15, 0.2) is 0 Å². The lowest BCUT2D eigenvalue weighted by Crippen LogP contribution is -2.45. The van der Waals surface area contributed by atoms with Crippen LogP contribution >= 0.6 is 0 Å². The first-order valence-electron chi connectivity index (χ1n) is 18.5. The highest BCUT2D eigenvalue weighted by Gasteiger charge is 2.17. The number of hydrogen-bond acceptors (Lipinski definition) is 3. The molecule has 0 aliphatic heterocycles. The second-order valence-corrected chi connectivity index (χ2v) is 12.3. The van der Waals surface area contributed by atoms with Crippen molar-refractivity contribution in [3.8, 4) is 0 Å². The first kappa shape index (κ1) is 42.1. The van der Waals surface area contributed by atoms with Crippen molar-refractivity contribution in [2.45, 2.75) is 180 Å². The molecule has 254 valence electrons. The molecule has 44 heavy (non-hydrogen) atoms. The van der Waals surface area contributed by atoms with Gasteiger partial charge >= 0.3 is 0 Å². The summed E-state index contributed by atoms with van der Waals surface area (Å²) in [4.78, 5) is 12.3. The van der Waals surface area contributed by atoms with E-state index in [-0.39, 0.29) is 12.5 Å². The average Bonchev–Trinajstić information content (AvgIpc) is 3.03. The van der Waals surface area contributed by atoms with E-state index in [1.165, 1.54) is 89.9 Å². The van der Waals surface area contributed by atoms with Crippen LogP contribution in [-0.4, -0.2) is 34.9 Å². The van der Waals surface area contributed by atoms with Gasteiger partial charge in [0.2, 0.25) is 5.91 Å². The molecule has 2 atom stereocenters. The Morgan fingerprint density at radius 2 is 0.977 bits per heavy atom. The maximum atomic E-state index is 12.3. The van der Waals surface area contributed by atoms with E-state index < -0.39 is 12.1 Å². The third-order valence-electron chi connectivity index (χ3n) is 7.95. The molecular formula is C40H71NO3. The molecule has 0 radical (unpaired) electrons. The zero-order chi connectivity index (χ0) is 32.2. The van der Waals surface area contributed by atoms with Crippen molar-refractivity contribution >= 4 is 5.91 Å². The molecule has 2 unspecified atom stereocenters. The molecule has 0 aliphatic carbocycles. The first-order valence-corrected chi connectivity index (χ1v) is 18.5. The van der Waals surface area contributed by atoms with Gasteiger partial charge in [0.05, 0.1) is 18.8 Å². The molecule has 0 spiro atoms. The van der Waals surface area contributed by atoms with Gasteiger partial charge in [-0.2, -0.15) is 0 Å². The maximum Gasteiger partial charge on any atom is 0.220 e. The molecule has 3 N–H and O–H groups in total. The van der Waals surface area contributed by atoms with Crippen LogP contribution in [0, 0.1) is 0 Å². The fraction of sp³-hybridized carbons (Fsp3) is 0.725. The summed E-state index contributed by atoms with van der Waals surface area (Å²) in [7, 11) is 0. The lowest BCUT2D eigenvalue weighted by atomic mass is 10.1. The summed E-state index contributed by atoms with van der Waals surface area (Å²) in [6.45, 7) is 4.22. The predicted octanol–water partition coefficient (Wildman–Crippen LogP) is 11.0. The van der Waals surface area contributed by atoms with Gasteiger partial charge in [-0.1, -0.05) is 152 Å². The number of rotatable bonds is 32. The molecule has 0 aromatic heterocycles. The zero-order valence-corrected chi connectivity index (χ0v) is 28.9. The van der Waals surface area contributed by atoms with Gasteiger partial charge in [0.1, 0.15) is 0 Å². The molecule has 0 heterocycles. The number of allylic oxidation sites excluding steroid dienone is 9. The van der Waals surface area contributed by atoms with Crippen LogP contribution in [-0.2, 0) is 4.79 Å². The van der Waals surface area contributed by atoms with Crippen LogP contribution in [0.25, 0.3) is 0 Å². The number of nitrogens with one attached hydrogen (secondary N) is 1. The van der Waals surface area contributed by atoms with Gasteiger partial charge in [-0.3, -0.25) is 4.79 Å². The van der Waals surface area contributed by atoms with Crippen LogP contribution in [0.5, 0.6) is 0 Å². The topological polar surface area (TPSA) is 69.6 Å². The Balaban J connectivity index is 3.75. The number of hydrogen-bond donors (Lipinski definition) is 3. The Bertz CT molecular complexity index is 752. The summed E-state index contributed by atoms with van der Waals surface area (Å²) in [5.41, 5.74) is 0. The van der Waals surface area contributed by atoms with Crippen molar-refractivity contribution in [2.75, 3.05) is 6.61 Å². The third kappa shape index (κ3) is 31.5. The van der Waals surface area contributed by atoms with E-state index in [0.29, 0.717) is 6.42 Å². The highest BCUT2D eigenvalue weighted by atomic mass is 16.3. The molecule has 1 amide bonds. The van der Waals surface area contributed by atoms with E-state index in [1.54, 1.807) is 6.08 Å². The summed E-state index contributed by atoms with van der Waals surface area (Å²) in [5.74, 6) is -0.0961. The van der Waals surface area contributed by atoms with E-state index >= 15 is 0 Å². The summed E-state index contributed by atoms with van der Waals surface area (Å²) >= 11 is 0. The summed E-state index contributed by atoms with van der Waals surface area (Å²) in [6.07, 6.45) is 48.7. The number of carbonyl (C=O) groups is 1. The highest BCUT2D eigenvalue weighted by Crippen LogP contribution is 2.11. The molecule has 0 bridgehead atoms. The number of aliphatic hydroxyl groups is 2. The second kappa shape index (κ2) is 35.6. The molecule has 0 aromatic carbocycles. The van der Waals surface area contributed by atoms with Crippen LogP contribution < -0.4 is 5.32 Å². The molecule has 0 saturated carbocycles. The highest BCUT2D eigenvalue weighted by molar-refractivity contribution is 5.76. The Morgan fingerprint density at radius 1 is 0.545 bits per heavy atom. The smallest absolute Gasteiger partial charge is 0.220 e. The average molecular weight is 614 g/mol. The third-order valence-corrected chi connectivity index (χ3v) is 7.95. The van der Waals surface area contributed by atoms with Crippen LogP contribution in [0.2, 0.25) is 0 Å². The Labute approximate surface area is 273 Å². The monoisotopic (exact) mass is 614 g/mol. The molecule has 4 nitrogen and oxygen atoms in total. The van der Waals surface area contributed by atoms with Crippen molar-refractivity contribution in [2.24, 2.45) is 0 Å². The van der Waals surface area contributed by atoms with Crippen molar-refractivity contribution in [1.82, 2.24) is 5.32 Å². The largest absolute Gasteiger partial charge is 0.394 e. The number of unbranched alkanes of at least 4 members (excludes halogenated alkanes) is 17. The number of amides is 1. The second-order valence-electron chi connectivity index (χ2n) is 12.3. The van der Waals surface area contributed by atoms with Crippen molar-refractivity contribution in [1.29, 1.82) is 0 Å². The lowest BCUT2D eigenvalue weighted by Gasteiger charge is -2.19. The van der Waals surface area contributed by atoms with E-state index in [0.717, 1.165) is 57.8 Å². The quantitative estimate of drug-likeness (QED) is 0.0522. The molecule has 4 heteroatoms. The van der Waals surface area contributed by atoms with Crippen molar-refractivity contribution in [3.63, 3.8) is 0 Å².